The van der Waals surface area contributed by atoms with Crippen LogP contribution in [0.5, 0.6) is 11.5 Å². The van der Waals surface area contributed by atoms with Gasteiger partial charge in [0.1, 0.15) is 17.3 Å². The van der Waals surface area contributed by atoms with Crippen LogP contribution in [0.4, 0.5) is 4.39 Å². The second-order valence-electron chi connectivity index (χ2n) is 4.59. The third-order valence-corrected chi connectivity index (χ3v) is 5.11. The quantitative estimate of drug-likeness (QED) is 0.620. The van der Waals surface area contributed by atoms with Crippen molar-refractivity contribution in [1.29, 1.82) is 0 Å². The van der Waals surface area contributed by atoms with E-state index in [-0.39, 0.29) is 10.6 Å². The molecule has 0 amide bonds. The van der Waals surface area contributed by atoms with Gasteiger partial charge in [-0.25, -0.2) is 4.39 Å². The molecule has 0 radical (unpaired) electrons. The molecule has 1 unspecified atom stereocenters. The van der Waals surface area contributed by atoms with Crippen molar-refractivity contribution in [3.05, 3.63) is 57.3 Å². The summed E-state index contributed by atoms with van der Waals surface area (Å²) in [5, 5.41) is 0. The molecule has 0 aliphatic carbocycles. The van der Waals surface area contributed by atoms with Crippen LogP contribution in [0.1, 0.15) is 21.5 Å². The molecule has 0 N–H and O–H groups in total. The minimum atomic E-state index is -0.324. The summed E-state index contributed by atoms with van der Waals surface area (Å²) in [5.41, 5.74) is 2.45. The first-order valence-corrected chi connectivity index (χ1v) is 8.00. The molecular weight excluding hydrogens is 403 g/mol. The molecule has 0 aromatic heterocycles. The lowest BCUT2D eigenvalue weighted by molar-refractivity contribution is 0.408. The van der Waals surface area contributed by atoms with Crippen LogP contribution in [0, 0.1) is 12.7 Å². The summed E-state index contributed by atoms with van der Waals surface area (Å²) in [7, 11) is 3.12. The maximum Gasteiger partial charge on any atom is 0.131 e. The van der Waals surface area contributed by atoms with Crippen LogP contribution in [0.3, 0.4) is 0 Å². The summed E-state index contributed by atoms with van der Waals surface area (Å²) in [6.45, 7) is 1.98. The molecule has 1 atom stereocenters. The van der Waals surface area contributed by atoms with Gasteiger partial charge in [-0.3, -0.25) is 0 Å². The van der Waals surface area contributed by atoms with Crippen LogP contribution >= 0.6 is 31.9 Å². The molecule has 0 fully saturated rings. The highest BCUT2D eigenvalue weighted by atomic mass is 79.9. The largest absolute Gasteiger partial charge is 0.497 e. The summed E-state index contributed by atoms with van der Waals surface area (Å²) in [6, 6.07) is 8.69. The van der Waals surface area contributed by atoms with Crippen LogP contribution in [0.25, 0.3) is 0 Å². The fraction of sp³-hybridized carbons (Fsp3) is 0.250. The minimum absolute atomic E-state index is 0.310. The Hall–Kier alpha value is -1.07. The van der Waals surface area contributed by atoms with Crippen LogP contribution in [0.2, 0.25) is 0 Å². The number of halogens is 3. The minimum Gasteiger partial charge on any atom is -0.497 e. The molecule has 2 aromatic carbocycles. The van der Waals surface area contributed by atoms with Crippen molar-refractivity contribution >= 4 is 31.9 Å². The molecule has 5 heteroatoms. The molecular formula is C16H15Br2FO2. The first-order chi connectivity index (χ1) is 9.97. The van der Waals surface area contributed by atoms with Crippen molar-refractivity contribution in [2.45, 2.75) is 11.8 Å². The SMILES string of the molecule is COc1ccc(C(Br)c2cc(Br)c(C)cc2OC)c(F)c1. The zero-order chi connectivity index (χ0) is 15.6. The molecule has 0 spiro atoms. The Morgan fingerprint density at radius 3 is 2.33 bits per heavy atom. The van der Waals surface area contributed by atoms with E-state index in [1.807, 2.05) is 19.1 Å². The van der Waals surface area contributed by atoms with Gasteiger partial charge in [-0.05, 0) is 30.7 Å². The van der Waals surface area contributed by atoms with Gasteiger partial charge in [0.05, 0.1) is 19.0 Å². The average molecular weight is 418 g/mol. The summed E-state index contributed by atoms with van der Waals surface area (Å²) in [4.78, 5) is -0.310. The Kier molecular flexibility index (Phi) is 5.27. The number of rotatable bonds is 4. The third-order valence-electron chi connectivity index (χ3n) is 3.26. The van der Waals surface area contributed by atoms with E-state index in [9.17, 15) is 4.39 Å². The van der Waals surface area contributed by atoms with Gasteiger partial charge < -0.3 is 9.47 Å². The smallest absolute Gasteiger partial charge is 0.131 e. The van der Waals surface area contributed by atoms with Crippen molar-refractivity contribution in [2.24, 2.45) is 0 Å². The molecule has 0 saturated heterocycles. The topological polar surface area (TPSA) is 18.5 Å². The molecule has 2 nitrogen and oxygen atoms in total. The second-order valence-corrected chi connectivity index (χ2v) is 6.36. The summed E-state index contributed by atoms with van der Waals surface area (Å²) in [5.74, 6) is 0.885. The highest BCUT2D eigenvalue weighted by Crippen LogP contribution is 2.40. The maximum atomic E-state index is 14.2. The zero-order valence-corrected chi connectivity index (χ0v) is 15.1. The van der Waals surface area contributed by atoms with Crippen molar-refractivity contribution in [3.63, 3.8) is 0 Å². The second kappa shape index (κ2) is 6.79. The van der Waals surface area contributed by atoms with E-state index in [4.69, 9.17) is 9.47 Å². The van der Waals surface area contributed by atoms with Gasteiger partial charge in [-0.15, -0.1) is 0 Å². The van der Waals surface area contributed by atoms with E-state index in [1.54, 1.807) is 19.2 Å². The van der Waals surface area contributed by atoms with Gasteiger partial charge in [-0.2, -0.15) is 0 Å². The van der Waals surface area contributed by atoms with Crippen molar-refractivity contribution in [3.8, 4) is 11.5 Å². The summed E-state index contributed by atoms with van der Waals surface area (Å²) in [6.07, 6.45) is 0. The predicted molar refractivity (Wildman–Crippen MR) is 89.2 cm³/mol. The molecule has 0 saturated carbocycles. The molecule has 2 aromatic rings. The van der Waals surface area contributed by atoms with E-state index in [2.05, 4.69) is 31.9 Å². The molecule has 0 aliphatic rings. The van der Waals surface area contributed by atoms with E-state index >= 15 is 0 Å². The molecule has 0 heterocycles. The lowest BCUT2D eigenvalue weighted by Crippen LogP contribution is -2.01. The van der Waals surface area contributed by atoms with E-state index in [0.717, 1.165) is 15.6 Å². The molecule has 0 bridgehead atoms. The first kappa shape index (κ1) is 16.3. The first-order valence-electron chi connectivity index (χ1n) is 6.29. The number of ether oxygens (including phenoxy) is 2. The number of alkyl halides is 1. The maximum absolute atomic E-state index is 14.2. The average Bonchev–Trinajstić information content (AvgIpc) is 2.48. The molecule has 2 rings (SSSR count). The molecule has 0 aliphatic heterocycles. The summed E-state index contributed by atoms with van der Waals surface area (Å²) < 4.78 is 25.6. The van der Waals surface area contributed by atoms with E-state index in [1.165, 1.54) is 13.2 Å². The number of hydrogen-bond donors (Lipinski definition) is 0. The van der Waals surface area contributed by atoms with Crippen LogP contribution in [0.15, 0.2) is 34.8 Å². The Bertz CT molecular complexity index is 659. The zero-order valence-electron chi connectivity index (χ0n) is 11.9. The van der Waals surface area contributed by atoms with Crippen molar-refractivity contribution in [2.75, 3.05) is 14.2 Å². The monoisotopic (exact) mass is 416 g/mol. The van der Waals surface area contributed by atoms with Gasteiger partial charge >= 0.3 is 0 Å². The Balaban J connectivity index is 2.49. The van der Waals surface area contributed by atoms with Gasteiger partial charge in [0.2, 0.25) is 0 Å². The van der Waals surface area contributed by atoms with Gasteiger partial charge in [0.15, 0.2) is 0 Å². The Morgan fingerprint density at radius 1 is 1.05 bits per heavy atom. The van der Waals surface area contributed by atoms with Crippen molar-refractivity contribution in [1.82, 2.24) is 0 Å². The van der Waals surface area contributed by atoms with E-state index in [0.29, 0.717) is 17.1 Å². The van der Waals surface area contributed by atoms with Crippen LogP contribution < -0.4 is 9.47 Å². The standard InChI is InChI=1S/C16H15Br2FO2/c1-9-6-15(21-3)12(8-13(9)17)16(18)11-5-4-10(20-2)7-14(11)19/h4-8,16H,1-3H3. The summed E-state index contributed by atoms with van der Waals surface area (Å²) >= 11 is 7.06. The Labute approximate surface area is 140 Å². The number of methoxy groups -OCH3 is 2. The highest BCUT2D eigenvalue weighted by Gasteiger charge is 2.20. The number of benzene rings is 2. The number of aryl methyl sites for hydroxylation is 1. The van der Waals surface area contributed by atoms with Gasteiger partial charge in [0.25, 0.3) is 0 Å². The highest BCUT2D eigenvalue weighted by molar-refractivity contribution is 9.10. The normalized spacial score (nSPS) is 12.1. The Morgan fingerprint density at radius 2 is 1.76 bits per heavy atom. The van der Waals surface area contributed by atoms with Gasteiger partial charge in [-0.1, -0.05) is 37.9 Å². The fourth-order valence-electron chi connectivity index (χ4n) is 2.05. The molecule has 112 valence electrons. The van der Waals surface area contributed by atoms with Crippen LogP contribution in [-0.2, 0) is 0 Å². The van der Waals surface area contributed by atoms with Gasteiger partial charge in [0, 0.05) is 21.7 Å². The fourth-order valence-corrected chi connectivity index (χ4v) is 3.14. The lowest BCUT2D eigenvalue weighted by Gasteiger charge is -2.17. The number of hydrogen-bond acceptors (Lipinski definition) is 2. The predicted octanol–water partition coefficient (Wildman–Crippen LogP) is 5.40. The van der Waals surface area contributed by atoms with E-state index < -0.39 is 0 Å². The lowest BCUT2D eigenvalue weighted by atomic mass is 10.0. The van der Waals surface area contributed by atoms with Crippen LogP contribution in [-0.4, -0.2) is 14.2 Å². The van der Waals surface area contributed by atoms with Crippen molar-refractivity contribution < 1.29 is 13.9 Å². The third kappa shape index (κ3) is 3.40. The molecule has 21 heavy (non-hydrogen) atoms.